The summed E-state index contributed by atoms with van der Waals surface area (Å²) in [6.45, 7) is 1.15. The van der Waals surface area contributed by atoms with Crippen molar-refractivity contribution in [2.75, 3.05) is 13.2 Å². The van der Waals surface area contributed by atoms with Crippen LogP contribution in [0.5, 0.6) is 0 Å². The Labute approximate surface area is 90.2 Å². The molecule has 0 aromatic heterocycles. The number of carboxylic acids is 1. The van der Waals surface area contributed by atoms with E-state index in [4.69, 9.17) is 9.84 Å². The van der Waals surface area contributed by atoms with Gasteiger partial charge in [0.25, 0.3) is 0 Å². The third kappa shape index (κ3) is 5.14. The van der Waals surface area contributed by atoms with Crippen molar-refractivity contribution in [3.63, 3.8) is 0 Å². The second-order valence-electron chi connectivity index (χ2n) is 4.21. The zero-order valence-corrected chi connectivity index (χ0v) is 9.02. The lowest BCUT2D eigenvalue weighted by atomic mass is 9.98. The molecule has 0 bridgehead atoms. The van der Waals surface area contributed by atoms with Crippen LogP contribution in [0.3, 0.4) is 0 Å². The summed E-state index contributed by atoms with van der Waals surface area (Å²) in [7, 11) is 0. The van der Waals surface area contributed by atoms with Crippen molar-refractivity contribution in [2.45, 2.75) is 44.6 Å². The van der Waals surface area contributed by atoms with Crippen molar-refractivity contribution < 1.29 is 19.7 Å². The number of hydrogen-bond acceptors (Lipinski definition) is 3. The molecule has 88 valence electrons. The fourth-order valence-electron chi connectivity index (χ4n) is 1.90. The van der Waals surface area contributed by atoms with E-state index in [1.807, 2.05) is 0 Å². The molecule has 0 radical (unpaired) electrons. The lowest BCUT2D eigenvalue weighted by Crippen LogP contribution is -2.17. The molecule has 0 saturated carbocycles. The molecular weight excluding hydrogens is 196 g/mol. The van der Waals surface area contributed by atoms with Crippen molar-refractivity contribution in [1.82, 2.24) is 0 Å². The van der Waals surface area contributed by atoms with Crippen molar-refractivity contribution in [2.24, 2.45) is 5.92 Å². The van der Waals surface area contributed by atoms with Gasteiger partial charge in [0.1, 0.15) is 0 Å². The zero-order chi connectivity index (χ0) is 11.1. The average molecular weight is 216 g/mol. The summed E-state index contributed by atoms with van der Waals surface area (Å²) < 4.78 is 5.15. The normalized spacial score (nSPS) is 25.7. The maximum absolute atomic E-state index is 10.2. The fraction of sp³-hybridized carbons (Fsp3) is 0.909. The van der Waals surface area contributed by atoms with Gasteiger partial charge in [-0.1, -0.05) is 19.3 Å². The molecule has 0 spiro atoms. The quantitative estimate of drug-likeness (QED) is 0.632. The lowest BCUT2D eigenvalue weighted by molar-refractivity contribution is -0.137. The zero-order valence-electron chi connectivity index (χ0n) is 9.02. The Kier molecular flexibility index (Phi) is 5.65. The van der Waals surface area contributed by atoms with Crippen LogP contribution in [0.1, 0.15) is 38.5 Å². The van der Waals surface area contributed by atoms with Crippen LogP contribution in [0.2, 0.25) is 0 Å². The molecule has 0 aromatic rings. The molecule has 0 aromatic carbocycles. The van der Waals surface area contributed by atoms with Gasteiger partial charge in [0, 0.05) is 12.3 Å². The van der Waals surface area contributed by atoms with E-state index in [0.29, 0.717) is 19.1 Å². The minimum atomic E-state index is -0.713. The van der Waals surface area contributed by atoms with Gasteiger partial charge in [0.15, 0.2) is 0 Å². The molecule has 1 fully saturated rings. The van der Waals surface area contributed by atoms with E-state index >= 15 is 0 Å². The minimum absolute atomic E-state index is 0.273. The van der Waals surface area contributed by atoms with Crippen molar-refractivity contribution in [3.8, 4) is 0 Å². The van der Waals surface area contributed by atoms with E-state index in [0.717, 1.165) is 32.1 Å². The van der Waals surface area contributed by atoms with Crippen LogP contribution in [-0.4, -0.2) is 35.5 Å². The monoisotopic (exact) mass is 216 g/mol. The smallest absolute Gasteiger partial charge is 0.303 e. The summed E-state index contributed by atoms with van der Waals surface area (Å²) in [4.78, 5) is 10.2. The van der Waals surface area contributed by atoms with Gasteiger partial charge in [0.2, 0.25) is 0 Å². The Hall–Kier alpha value is -0.610. The number of aliphatic hydroxyl groups is 1. The molecule has 1 aliphatic heterocycles. The van der Waals surface area contributed by atoms with Crippen molar-refractivity contribution >= 4 is 5.97 Å². The number of aliphatic hydroxyl groups excluding tert-OH is 1. The molecule has 1 heterocycles. The van der Waals surface area contributed by atoms with Gasteiger partial charge in [-0.05, 0) is 12.8 Å². The van der Waals surface area contributed by atoms with Crippen LogP contribution in [-0.2, 0) is 9.53 Å². The van der Waals surface area contributed by atoms with E-state index in [1.54, 1.807) is 0 Å². The first-order valence-corrected chi connectivity index (χ1v) is 5.67. The van der Waals surface area contributed by atoms with E-state index in [1.165, 1.54) is 0 Å². The predicted octanol–water partition coefficient (Wildman–Crippen LogP) is 1.42. The van der Waals surface area contributed by atoms with Crippen molar-refractivity contribution in [1.29, 1.82) is 0 Å². The molecule has 15 heavy (non-hydrogen) atoms. The van der Waals surface area contributed by atoms with E-state index in [-0.39, 0.29) is 12.5 Å². The molecule has 2 unspecified atom stereocenters. The van der Waals surface area contributed by atoms with Gasteiger partial charge in [-0.3, -0.25) is 4.79 Å². The third-order valence-electron chi connectivity index (χ3n) is 2.88. The molecule has 4 nitrogen and oxygen atoms in total. The van der Waals surface area contributed by atoms with Gasteiger partial charge in [-0.15, -0.1) is 0 Å². The molecule has 2 N–H and O–H groups in total. The fourth-order valence-corrected chi connectivity index (χ4v) is 1.90. The van der Waals surface area contributed by atoms with Gasteiger partial charge < -0.3 is 14.9 Å². The Morgan fingerprint density at radius 2 is 1.93 bits per heavy atom. The first-order valence-electron chi connectivity index (χ1n) is 5.67. The topological polar surface area (TPSA) is 66.8 Å². The lowest BCUT2D eigenvalue weighted by Gasteiger charge is -2.11. The molecule has 4 heteroatoms. The highest BCUT2D eigenvalue weighted by molar-refractivity contribution is 5.66. The Bertz CT molecular complexity index is 193. The van der Waals surface area contributed by atoms with Crippen LogP contribution in [0.15, 0.2) is 0 Å². The SMILES string of the molecule is O=C(O)CCCCCCC1COCC1O. The number of rotatable bonds is 7. The second-order valence-corrected chi connectivity index (χ2v) is 4.21. The maximum Gasteiger partial charge on any atom is 0.303 e. The van der Waals surface area contributed by atoms with Gasteiger partial charge in [-0.2, -0.15) is 0 Å². The van der Waals surface area contributed by atoms with Crippen LogP contribution >= 0.6 is 0 Å². The molecule has 1 aliphatic rings. The first-order chi connectivity index (χ1) is 7.20. The summed E-state index contributed by atoms with van der Waals surface area (Å²) in [5.41, 5.74) is 0. The summed E-state index contributed by atoms with van der Waals surface area (Å²) >= 11 is 0. The van der Waals surface area contributed by atoms with Gasteiger partial charge in [-0.25, -0.2) is 0 Å². The molecule has 1 saturated heterocycles. The van der Waals surface area contributed by atoms with Crippen LogP contribution < -0.4 is 0 Å². The molecule has 2 atom stereocenters. The Balaban J connectivity index is 1.90. The summed E-state index contributed by atoms with van der Waals surface area (Å²) in [5.74, 6) is -0.418. The first kappa shape index (κ1) is 12.5. The predicted molar refractivity (Wildman–Crippen MR) is 55.7 cm³/mol. The highest BCUT2D eigenvalue weighted by atomic mass is 16.5. The number of carbonyl (C=O) groups is 1. The summed E-state index contributed by atoms with van der Waals surface area (Å²) in [6.07, 6.45) is 4.82. The highest BCUT2D eigenvalue weighted by Crippen LogP contribution is 2.20. The van der Waals surface area contributed by atoms with Crippen LogP contribution in [0.4, 0.5) is 0 Å². The van der Waals surface area contributed by atoms with Gasteiger partial charge >= 0.3 is 5.97 Å². The van der Waals surface area contributed by atoms with E-state index in [9.17, 15) is 9.90 Å². The Morgan fingerprint density at radius 1 is 1.20 bits per heavy atom. The third-order valence-corrected chi connectivity index (χ3v) is 2.88. The number of aliphatic carboxylic acids is 1. The average Bonchev–Trinajstić information content (AvgIpc) is 2.57. The van der Waals surface area contributed by atoms with Crippen LogP contribution in [0.25, 0.3) is 0 Å². The Morgan fingerprint density at radius 3 is 2.53 bits per heavy atom. The van der Waals surface area contributed by atoms with E-state index in [2.05, 4.69) is 0 Å². The summed E-state index contributed by atoms with van der Waals surface area (Å²) in [6, 6.07) is 0. The van der Waals surface area contributed by atoms with Gasteiger partial charge in [0.05, 0.1) is 19.3 Å². The number of hydrogen-bond donors (Lipinski definition) is 2. The van der Waals surface area contributed by atoms with Crippen molar-refractivity contribution in [3.05, 3.63) is 0 Å². The number of unbranched alkanes of at least 4 members (excludes halogenated alkanes) is 3. The maximum atomic E-state index is 10.2. The van der Waals surface area contributed by atoms with E-state index < -0.39 is 5.97 Å². The second kappa shape index (κ2) is 6.80. The largest absolute Gasteiger partial charge is 0.481 e. The standard InChI is InChI=1S/C11H20O4/c12-10-8-15-7-9(10)5-3-1-2-4-6-11(13)14/h9-10,12H,1-8H2,(H,13,14). The summed E-state index contributed by atoms with van der Waals surface area (Å²) in [5, 5.41) is 17.9. The number of ether oxygens (including phenoxy) is 1. The minimum Gasteiger partial charge on any atom is -0.481 e. The molecule has 0 amide bonds. The number of carboxylic acid groups (broad SMARTS) is 1. The molecule has 1 rings (SSSR count). The van der Waals surface area contributed by atoms with Crippen LogP contribution in [0, 0.1) is 5.92 Å². The molecular formula is C11H20O4. The molecule has 0 aliphatic carbocycles. The highest BCUT2D eigenvalue weighted by Gasteiger charge is 2.25.